The molecule has 0 saturated heterocycles. The van der Waals surface area contributed by atoms with Crippen LogP contribution in [0.4, 0.5) is 29.5 Å². The van der Waals surface area contributed by atoms with Gasteiger partial charge in [-0.1, -0.05) is 12.1 Å². The van der Waals surface area contributed by atoms with E-state index in [-0.39, 0.29) is 12.4 Å². The number of carbonyl (C=O) groups excluding carboxylic acids is 1. The fourth-order valence-corrected chi connectivity index (χ4v) is 2.93. The predicted molar refractivity (Wildman–Crippen MR) is 100 cm³/mol. The number of nitrogens with two attached hydrogens (primary N) is 2. The average molecular weight is 386 g/mol. The number of aromatic nitrogens is 1. The van der Waals surface area contributed by atoms with Crippen molar-refractivity contribution in [2.45, 2.75) is 13.5 Å². The summed E-state index contributed by atoms with van der Waals surface area (Å²) in [5, 5.41) is 0. The van der Waals surface area contributed by atoms with Crippen LogP contribution >= 0.6 is 0 Å². The maximum Gasteiger partial charge on any atom is 0.325 e. The number of aryl methyl sites for hydroxylation is 1. The first-order chi connectivity index (χ1) is 13.3. The molecular weight excluding hydrogens is 369 g/mol. The zero-order chi connectivity index (χ0) is 20.4. The second-order valence-electron chi connectivity index (χ2n) is 6.08. The van der Waals surface area contributed by atoms with E-state index in [2.05, 4.69) is 4.98 Å². The van der Waals surface area contributed by atoms with Crippen LogP contribution in [0.1, 0.15) is 11.1 Å². The zero-order valence-electron chi connectivity index (χ0n) is 14.9. The number of urea groups is 1. The van der Waals surface area contributed by atoms with Crippen LogP contribution in [0, 0.1) is 24.4 Å². The van der Waals surface area contributed by atoms with Gasteiger partial charge in [0.2, 0.25) is 0 Å². The summed E-state index contributed by atoms with van der Waals surface area (Å²) < 4.78 is 42.0. The molecule has 3 aromatic rings. The van der Waals surface area contributed by atoms with Crippen LogP contribution in [-0.4, -0.2) is 11.0 Å². The van der Waals surface area contributed by atoms with Crippen molar-refractivity contribution in [3.05, 3.63) is 77.1 Å². The second-order valence-corrected chi connectivity index (χ2v) is 6.08. The number of rotatable bonds is 4. The summed E-state index contributed by atoms with van der Waals surface area (Å²) >= 11 is 0. The van der Waals surface area contributed by atoms with Gasteiger partial charge in [-0.15, -0.1) is 0 Å². The van der Waals surface area contributed by atoms with Gasteiger partial charge in [0.05, 0.1) is 5.69 Å². The summed E-state index contributed by atoms with van der Waals surface area (Å²) in [6.07, 6.45) is 0. The molecule has 3 rings (SSSR count). The van der Waals surface area contributed by atoms with Gasteiger partial charge in [0.25, 0.3) is 0 Å². The Morgan fingerprint density at radius 1 is 1.07 bits per heavy atom. The Morgan fingerprint density at radius 2 is 1.75 bits per heavy atom. The molecule has 0 fully saturated rings. The molecule has 8 heteroatoms. The van der Waals surface area contributed by atoms with Gasteiger partial charge in [-0.05, 0) is 54.4 Å². The van der Waals surface area contributed by atoms with Crippen molar-refractivity contribution >= 4 is 17.5 Å². The van der Waals surface area contributed by atoms with E-state index in [1.165, 1.54) is 30.3 Å². The number of hydrogen-bond donors (Lipinski definition) is 2. The first kappa shape index (κ1) is 19.4. The first-order valence-corrected chi connectivity index (χ1v) is 8.33. The lowest BCUT2D eigenvalue weighted by Crippen LogP contribution is -2.33. The van der Waals surface area contributed by atoms with Crippen molar-refractivity contribution < 1.29 is 18.0 Å². The van der Waals surface area contributed by atoms with Gasteiger partial charge in [-0.25, -0.2) is 27.8 Å². The highest BCUT2D eigenvalue weighted by Crippen LogP contribution is 2.33. The highest BCUT2D eigenvalue weighted by molar-refractivity contribution is 5.98. The molecule has 0 atom stereocenters. The van der Waals surface area contributed by atoms with E-state index < -0.39 is 29.2 Å². The second kappa shape index (κ2) is 7.69. The molecule has 5 nitrogen and oxygen atoms in total. The van der Waals surface area contributed by atoms with Crippen molar-refractivity contribution in [3.8, 4) is 11.3 Å². The summed E-state index contributed by atoms with van der Waals surface area (Å²) in [5.41, 5.74) is 12.7. The third kappa shape index (κ3) is 3.54. The summed E-state index contributed by atoms with van der Waals surface area (Å²) in [5.74, 6) is -2.45. The number of benzene rings is 2. The topological polar surface area (TPSA) is 85.2 Å². The van der Waals surface area contributed by atoms with Crippen LogP contribution in [-0.2, 0) is 6.54 Å². The van der Waals surface area contributed by atoms with Gasteiger partial charge in [0.15, 0.2) is 0 Å². The van der Waals surface area contributed by atoms with E-state index in [9.17, 15) is 18.0 Å². The molecule has 0 saturated carbocycles. The van der Waals surface area contributed by atoms with Gasteiger partial charge in [-0.2, -0.15) is 0 Å². The average Bonchev–Trinajstić information content (AvgIpc) is 2.64. The van der Waals surface area contributed by atoms with Crippen LogP contribution in [0.15, 0.2) is 48.5 Å². The third-order valence-corrected chi connectivity index (χ3v) is 4.24. The van der Waals surface area contributed by atoms with Gasteiger partial charge >= 0.3 is 6.03 Å². The Kier molecular flexibility index (Phi) is 5.32. The van der Waals surface area contributed by atoms with Crippen molar-refractivity contribution in [1.82, 2.24) is 4.98 Å². The highest BCUT2D eigenvalue weighted by atomic mass is 19.1. The van der Waals surface area contributed by atoms with Crippen LogP contribution in [0.3, 0.4) is 0 Å². The summed E-state index contributed by atoms with van der Waals surface area (Å²) in [6.45, 7) is 1.81. The smallest absolute Gasteiger partial charge is 0.325 e. The molecule has 0 spiro atoms. The number of amides is 2. The summed E-state index contributed by atoms with van der Waals surface area (Å²) in [7, 11) is 0. The molecule has 4 N–H and O–H groups in total. The lowest BCUT2D eigenvalue weighted by molar-refractivity contribution is 0.255. The Bertz CT molecular complexity index is 1040. The molecule has 2 aromatic carbocycles. The molecule has 144 valence electrons. The molecular formula is C20H17F3N4O. The first-order valence-electron chi connectivity index (χ1n) is 8.33. The predicted octanol–water partition coefficient (Wildman–Crippen LogP) is 4.15. The monoisotopic (exact) mass is 386 g/mol. The van der Waals surface area contributed by atoms with E-state index in [1.54, 1.807) is 13.0 Å². The highest BCUT2D eigenvalue weighted by Gasteiger charge is 2.25. The molecule has 2 amide bonds. The van der Waals surface area contributed by atoms with E-state index in [4.69, 9.17) is 11.5 Å². The minimum Gasteiger partial charge on any atom is -0.351 e. The molecule has 0 aliphatic carbocycles. The van der Waals surface area contributed by atoms with Gasteiger partial charge < -0.3 is 11.5 Å². The maximum absolute atomic E-state index is 14.2. The SMILES string of the molecule is Cc1cc(F)ccc1-c1nc(N(C(N)=O)c2c(F)cccc2F)ccc1CN. The largest absolute Gasteiger partial charge is 0.351 e. The van der Waals surface area contributed by atoms with Crippen molar-refractivity contribution in [2.24, 2.45) is 11.5 Å². The number of halogens is 3. The maximum atomic E-state index is 14.2. The Balaban J connectivity index is 2.23. The number of pyridine rings is 1. The van der Waals surface area contributed by atoms with Crippen LogP contribution in [0.2, 0.25) is 0 Å². The van der Waals surface area contributed by atoms with Crippen LogP contribution in [0.5, 0.6) is 0 Å². The van der Waals surface area contributed by atoms with Gasteiger partial charge in [0, 0.05) is 12.1 Å². The molecule has 0 bridgehead atoms. The molecule has 1 aromatic heterocycles. The molecule has 0 radical (unpaired) electrons. The Hall–Kier alpha value is -3.39. The Labute approximate surface area is 159 Å². The van der Waals surface area contributed by atoms with Crippen molar-refractivity contribution in [3.63, 3.8) is 0 Å². The summed E-state index contributed by atoms with van der Waals surface area (Å²) in [6, 6.07) is 9.15. The quantitative estimate of drug-likeness (QED) is 0.706. The van der Waals surface area contributed by atoms with Gasteiger partial charge in [0.1, 0.15) is 29.0 Å². The van der Waals surface area contributed by atoms with E-state index >= 15 is 0 Å². The van der Waals surface area contributed by atoms with Crippen molar-refractivity contribution in [1.29, 1.82) is 0 Å². The molecule has 0 aliphatic rings. The summed E-state index contributed by atoms with van der Waals surface area (Å²) in [4.78, 5) is 17.0. The molecule has 0 aliphatic heterocycles. The molecule has 28 heavy (non-hydrogen) atoms. The number of carbonyl (C=O) groups is 1. The fourth-order valence-electron chi connectivity index (χ4n) is 2.93. The number of hydrogen-bond acceptors (Lipinski definition) is 3. The number of anilines is 2. The van der Waals surface area contributed by atoms with Crippen molar-refractivity contribution in [2.75, 3.05) is 4.90 Å². The van der Waals surface area contributed by atoms with Crippen LogP contribution < -0.4 is 16.4 Å². The fraction of sp³-hybridized carbons (Fsp3) is 0.100. The number of primary amides is 1. The molecule has 1 heterocycles. The normalized spacial score (nSPS) is 10.8. The van der Waals surface area contributed by atoms with E-state index in [0.717, 1.165) is 12.1 Å². The minimum absolute atomic E-state index is 0.0903. The van der Waals surface area contributed by atoms with E-state index in [0.29, 0.717) is 27.3 Å². The van der Waals surface area contributed by atoms with Gasteiger partial charge in [-0.3, -0.25) is 0 Å². The minimum atomic E-state index is -1.11. The number of nitrogens with zero attached hydrogens (tertiary/aromatic N) is 2. The van der Waals surface area contributed by atoms with Crippen LogP contribution in [0.25, 0.3) is 11.3 Å². The van der Waals surface area contributed by atoms with E-state index in [1.807, 2.05) is 0 Å². The Morgan fingerprint density at radius 3 is 2.32 bits per heavy atom. The standard InChI is InChI=1S/C20H17F3N4O/c1-11-9-13(21)6-7-14(11)18-12(10-24)5-8-17(26-18)27(20(25)28)19-15(22)3-2-4-16(19)23/h2-9H,10,24H2,1H3,(H2,25,28). The number of para-hydroxylation sites is 1. The lowest BCUT2D eigenvalue weighted by atomic mass is 10.0. The molecule has 0 unspecified atom stereocenters. The third-order valence-electron chi connectivity index (χ3n) is 4.24. The lowest BCUT2D eigenvalue weighted by Gasteiger charge is -2.22. The zero-order valence-corrected chi connectivity index (χ0v) is 14.9.